The summed E-state index contributed by atoms with van der Waals surface area (Å²) in [6.07, 6.45) is 5.90. The predicted molar refractivity (Wildman–Crippen MR) is 79.3 cm³/mol. The summed E-state index contributed by atoms with van der Waals surface area (Å²) in [6, 6.07) is 6.17. The summed E-state index contributed by atoms with van der Waals surface area (Å²) in [5.41, 5.74) is 1.37. The predicted octanol–water partition coefficient (Wildman–Crippen LogP) is 3.72. The second-order valence-electron chi connectivity index (χ2n) is 5.09. The summed E-state index contributed by atoms with van der Waals surface area (Å²) in [5, 5.41) is 3.47. The van der Waals surface area contributed by atoms with Crippen molar-refractivity contribution in [2.24, 2.45) is 0 Å². The maximum atomic E-state index is 10.9. The minimum atomic E-state index is -0.237. The Kier molecular flexibility index (Phi) is 5.41. The molecule has 2 bridgehead atoms. The minimum absolute atomic E-state index is 0.237. The van der Waals surface area contributed by atoms with E-state index >= 15 is 0 Å². The Morgan fingerprint density at radius 2 is 2.25 bits per heavy atom. The fourth-order valence-corrected chi connectivity index (χ4v) is 2.31. The van der Waals surface area contributed by atoms with Crippen LogP contribution in [0.25, 0.3) is 11.2 Å². The van der Waals surface area contributed by atoms with E-state index in [1.807, 2.05) is 6.07 Å². The summed E-state index contributed by atoms with van der Waals surface area (Å²) in [7, 11) is 0. The van der Waals surface area contributed by atoms with Crippen LogP contribution in [0.5, 0.6) is 5.75 Å². The molecule has 110 valence electrons. The van der Waals surface area contributed by atoms with E-state index in [0.29, 0.717) is 17.8 Å². The first-order valence-electron chi connectivity index (χ1n) is 7.49. The zero-order valence-corrected chi connectivity index (χ0v) is 12.3. The van der Waals surface area contributed by atoms with Gasteiger partial charge in [-0.25, -0.2) is 0 Å². The summed E-state index contributed by atoms with van der Waals surface area (Å²) in [6.45, 7) is 5.26. The van der Waals surface area contributed by atoms with Crippen LogP contribution >= 0.6 is 0 Å². The van der Waals surface area contributed by atoms with E-state index in [4.69, 9.17) is 9.15 Å². The molecule has 0 aromatic carbocycles. The first-order valence-corrected chi connectivity index (χ1v) is 7.49. The lowest BCUT2D eigenvalue weighted by Gasteiger charge is -2.21. The number of benzene rings is 1. The fraction of sp³-hybridized carbons (Fsp3) is 0.562. The van der Waals surface area contributed by atoms with Gasteiger partial charge in [0.2, 0.25) is 0 Å². The van der Waals surface area contributed by atoms with Crippen molar-refractivity contribution in [3.05, 3.63) is 18.2 Å². The largest absolute Gasteiger partial charge is 0.453 e. The molecular formula is C16H23NO3. The Hall–Kier alpha value is -1.55. The van der Waals surface area contributed by atoms with Gasteiger partial charge in [0.1, 0.15) is 5.58 Å². The highest BCUT2D eigenvalue weighted by atomic mass is 16.5. The Balaban J connectivity index is 0.000000160. The minimum Gasteiger partial charge on any atom is -0.453 e. The molecule has 1 aliphatic rings. The van der Waals surface area contributed by atoms with Crippen LogP contribution < -0.4 is 10.1 Å². The lowest BCUT2D eigenvalue weighted by Crippen LogP contribution is -2.32. The maximum Gasteiger partial charge on any atom is 0.311 e. The van der Waals surface area contributed by atoms with Gasteiger partial charge < -0.3 is 14.5 Å². The molecular weight excluding hydrogens is 254 g/mol. The molecule has 1 unspecified atom stereocenters. The number of fused-ring (bicyclic) bond motifs is 2. The molecule has 2 aromatic heterocycles. The van der Waals surface area contributed by atoms with Gasteiger partial charge in [0, 0.05) is 18.5 Å². The van der Waals surface area contributed by atoms with Crippen LogP contribution in [0.3, 0.4) is 0 Å². The van der Waals surface area contributed by atoms with Gasteiger partial charge in [0.05, 0.1) is 0 Å². The Morgan fingerprint density at radius 3 is 2.70 bits per heavy atom. The lowest BCUT2D eigenvalue weighted by molar-refractivity contribution is -0.133. The standard InChI is InChI=1S/C9H8O3.C7H15N/c1-2-9(10)12-8-5-6-3-4-7(8)11-6;1-2-7-5-3-4-6-8-7/h3-5H,2H2,1H3;7-8H,2-6H2,1H3. The van der Waals surface area contributed by atoms with Crippen LogP contribution in [0.1, 0.15) is 46.0 Å². The number of ether oxygens (including phenoxy) is 1. The summed E-state index contributed by atoms with van der Waals surface area (Å²) >= 11 is 0. The van der Waals surface area contributed by atoms with Crippen molar-refractivity contribution in [2.45, 2.75) is 52.0 Å². The van der Waals surface area contributed by atoms with Crippen LogP contribution in [0, 0.1) is 0 Å². The zero-order valence-electron chi connectivity index (χ0n) is 12.3. The van der Waals surface area contributed by atoms with Crippen molar-refractivity contribution in [3.8, 4) is 5.75 Å². The molecule has 0 amide bonds. The molecule has 0 saturated carbocycles. The van der Waals surface area contributed by atoms with Crippen molar-refractivity contribution >= 4 is 17.1 Å². The van der Waals surface area contributed by atoms with E-state index in [0.717, 1.165) is 11.6 Å². The van der Waals surface area contributed by atoms with Crippen molar-refractivity contribution in [1.82, 2.24) is 5.32 Å². The van der Waals surface area contributed by atoms with Crippen molar-refractivity contribution in [2.75, 3.05) is 6.54 Å². The summed E-state index contributed by atoms with van der Waals surface area (Å²) in [5.74, 6) is 0.290. The summed E-state index contributed by atoms with van der Waals surface area (Å²) < 4.78 is 10.2. The summed E-state index contributed by atoms with van der Waals surface area (Å²) in [4.78, 5) is 10.9. The van der Waals surface area contributed by atoms with Crippen LogP contribution in [0.15, 0.2) is 22.6 Å². The van der Waals surface area contributed by atoms with Gasteiger partial charge in [-0.05, 0) is 37.9 Å². The van der Waals surface area contributed by atoms with Crippen molar-refractivity contribution in [3.63, 3.8) is 0 Å². The SMILES string of the molecule is CCC(=O)Oc1cc2ccc1o2.CCC1CCCCN1. The van der Waals surface area contributed by atoms with E-state index in [-0.39, 0.29) is 5.97 Å². The van der Waals surface area contributed by atoms with Crippen LogP contribution in [-0.2, 0) is 4.79 Å². The second kappa shape index (κ2) is 7.29. The molecule has 1 aliphatic heterocycles. The highest BCUT2D eigenvalue weighted by Gasteiger charge is 2.10. The Morgan fingerprint density at radius 1 is 1.40 bits per heavy atom. The lowest BCUT2D eigenvalue weighted by atomic mass is 10.0. The molecule has 0 radical (unpaired) electrons. The van der Waals surface area contributed by atoms with Gasteiger partial charge in [0.15, 0.2) is 11.3 Å². The number of hydrogen-bond donors (Lipinski definition) is 1. The number of esters is 1. The topological polar surface area (TPSA) is 51.5 Å². The van der Waals surface area contributed by atoms with E-state index in [1.165, 1.54) is 32.2 Å². The Bertz CT molecular complexity index is 514. The number of carbonyl (C=O) groups excluding carboxylic acids is 1. The number of carbonyl (C=O) groups is 1. The van der Waals surface area contributed by atoms with E-state index in [2.05, 4.69) is 12.2 Å². The Labute approximate surface area is 119 Å². The molecule has 0 spiro atoms. The van der Waals surface area contributed by atoms with Gasteiger partial charge in [-0.15, -0.1) is 0 Å². The third-order valence-electron chi connectivity index (χ3n) is 3.56. The average Bonchev–Trinajstić information content (AvgIpc) is 3.11. The third kappa shape index (κ3) is 3.97. The number of nitrogens with one attached hydrogen (secondary N) is 1. The monoisotopic (exact) mass is 277 g/mol. The van der Waals surface area contributed by atoms with Gasteiger partial charge >= 0.3 is 5.97 Å². The first kappa shape index (κ1) is 14.9. The smallest absolute Gasteiger partial charge is 0.311 e. The van der Waals surface area contributed by atoms with Gasteiger partial charge in [-0.2, -0.15) is 0 Å². The molecule has 1 fully saturated rings. The molecule has 1 saturated heterocycles. The molecule has 4 nitrogen and oxygen atoms in total. The molecule has 1 N–H and O–H groups in total. The first-order chi connectivity index (χ1) is 9.72. The fourth-order valence-electron chi connectivity index (χ4n) is 2.31. The highest BCUT2D eigenvalue weighted by Crippen LogP contribution is 2.28. The molecule has 1 atom stereocenters. The molecule has 3 heterocycles. The van der Waals surface area contributed by atoms with Crippen LogP contribution in [0.2, 0.25) is 0 Å². The number of rotatable bonds is 3. The molecule has 0 aliphatic carbocycles. The maximum absolute atomic E-state index is 10.9. The van der Waals surface area contributed by atoms with Crippen molar-refractivity contribution < 1.29 is 13.9 Å². The highest BCUT2D eigenvalue weighted by molar-refractivity contribution is 5.78. The van der Waals surface area contributed by atoms with Gasteiger partial charge in [-0.3, -0.25) is 4.79 Å². The van der Waals surface area contributed by atoms with E-state index in [1.54, 1.807) is 19.1 Å². The number of piperidine rings is 1. The molecule has 2 aromatic rings. The van der Waals surface area contributed by atoms with Crippen LogP contribution in [0.4, 0.5) is 0 Å². The van der Waals surface area contributed by atoms with Gasteiger partial charge in [0.25, 0.3) is 0 Å². The number of furan rings is 2. The molecule has 4 heteroatoms. The van der Waals surface area contributed by atoms with Crippen molar-refractivity contribution in [1.29, 1.82) is 0 Å². The third-order valence-corrected chi connectivity index (χ3v) is 3.56. The van der Waals surface area contributed by atoms with E-state index < -0.39 is 0 Å². The second-order valence-corrected chi connectivity index (χ2v) is 5.09. The van der Waals surface area contributed by atoms with Crippen LogP contribution in [-0.4, -0.2) is 18.6 Å². The average molecular weight is 277 g/mol. The molecule has 20 heavy (non-hydrogen) atoms. The zero-order chi connectivity index (χ0) is 14.4. The van der Waals surface area contributed by atoms with E-state index in [9.17, 15) is 4.79 Å². The van der Waals surface area contributed by atoms with Gasteiger partial charge in [-0.1, -0.05) is 20.3 Å². The number of hydrogen-bond acceptors (Lipinski definition) is 4. The molecule has 3 rings (SSSR count). The quantitative estimate of drug-likeness (QED) is 0.686. The normalized spacial score (nSPS) is 18.6.